The molecule has 0 spiro atoms. The van der Waals surface area contributed by atoms with Crippen molar-refractivity contribution in [1.82, 2.24) is 4.90 Å². The Balaban J connectivity index is 2.99. The topological polar surface area (TPSA) is 33.5 Å². The molecule has 0 unspecified atom stereocenters. The average Bonchev–Trinajstić information content (AvgIpc) is 2.48. The molecule has 0 N–H and O–H groups in total. The quantitative estimate of drug-likeness (QED) is 0.742. The van der Waals surface area contributed by atoms with Crippen molar-refractivity contribution in [3.8, 4) is 0 Å². The third-order valence-corrected chi connectivity index (χ3v) is 2.42. The molecular weight excluding hydrogens is 178 g/mol. The van der Waals surface area contributed by atoms with E-state index in [1.54, 1.807) is 11.2 Å². The molecule has 1 aromatic rings. The van der Waals surface area contributed by atoms with Gasteiger partial charge >= 0.3 is 0 Å². The van der Waals surface area contributed by atoms with E-state index < -0.39 is 0 Å². The highest BCUT2D eigenvalue weighted by Gasteiger charge is 2.19. The Morgan fingerprint density at radius 1 is 1.36 bits per heavy atom. The summed E-state index contributed by atoms with van der Waals surface area (Å²) < 4.78 is 5.21. The van der Waals surface area contributed by atoms with Crippen LogP contribution in [0.1, 0.15) is 35.5 Å². The smallest absolute Gasteiger partial charge is 0.257 e. The van der Waals surface area contributed by atoms with Gasteiger partial charge in [0.1, 0.15) is 5.76 Å². The fraction of sp³-hybridized carbons (Fsp3) is 0.545. The molecular formula is C11H17NO2. The summed E-state index contributed by atoms with van der Waals surface area (Å²) in [5, 5.41) is 0. The third kappa shape index (κ3) is 1.81. The average molecular weight is 195 g/mol. The van der Waals surface area contributed by atoms with Gasteiger partial charge in [-0.25, -0.2) is 0 Å². The van der Waals surface area contributed by atoms with Gasteiger partial charge in [0.15, 0.2) is 0 Å². The Bertz CT molecular complexity index is 305. The van der Waals surface area contributed by atoms with Crippen LogP contribution in [0.3, 0.4) is 0 Å². The van der Waals surface area contributed by atoms with Crippen LogP contribution in [0.5, 0.6) is 0 Å². The molecule has 1 aromatic heterocycles. The molecule has 3 heteroatoms. The van der Waals surface area contributed by atoms with Crippen LogP contribution in [0.15, 0.2) is 10.7 Å². The molecule has 0 aliphatic rings. The summed E-state index contributed by atoms with van der Waals surface area (Å²) in [6, 6.07) is 0. The van der Waals surface area contributed by atoms with Crippen molar-refractivity contribution in [2.45, 2.75) is 27.7 Å². The van der Waals surface area contributed by atoms with Gasteiger partial charge in [-0.15, -0.1) is 0 Å². The molecule has 0 saturated heterocycles. The zero-order valence-corrected chi connectivity index (χ0v) is 9.26. The van der Waals surface area contributed by atoms with E-state index in [1.807, 2.05) is 27.7 Å². The van der Waals surface area contributed by atoms with Crippen molar-refractivity contribution >= 4 is 5.91 Å². The van der Waals surface area contributed by atoms with Crippen molar-refractivity contribution in [3.05, 3.63) is 23.2 Å². The molecule has 0 aliphatic heterocycles. The van der Waals surface area contributed by atoms with E-state index in [4.69, 9.17) is 4.42 Å². The highest BCUT2D eigenvalue weighted by molar-refractivity contribution is 5.96. The first-order chi connectivity index (χ1) is 6.61. The van der Waals surface area contributed by atoms with Crippen LogP contribution < -0.4 is 0 Å². The molecule has 3 nitrogen and oxygen atoms in total. The van der Waals surface area contributed by atoms with Crippen LogP contribution in [0, 0.1) is 13.8 Å². The van der Waals surface area contributed by atoms with E-state index in [2.05, 4.69) is 0 Å². The first-order valence-electron chi connectivity index (χ1n) is 4.95. The molecule has 0 atom stereocenters. The number of hydrogen-bond acceptors (Lipinski definition) is 2. The lowest BCUT2D eigenvalue weighted by molar-refractivity contribution is 0.0770. The van der Waals surface area contributed by atoms with E-state index in [0.717, 1.165) is 18.7 Å². The second kappa shape index (κ2) is 4.31. The molecule has 0 radical (unpaired) electrons. The number of furan rings is 1. The van der Waals surface area contributed by atoms with E-state index in [0.29, 0.717) is 11.3 Å². The lowest BCUT2D eigenvalue weighted by atomic mass is 10.1. The van der Waals surface area contributed by atoms with E-state index in [1.165, 1.54) is 0 Å². The fourth-order valence-corrected chi connectivity index (χ4v) is 1.56. The molecule has 14 heavy (non-hydrogen) atoms. The second-order valence-corrected chi connectivity index (χ2v) is 3.33. The van der Waals surface area contributed by atoms with Crippen LogP contribution in [-0.2, 0) is 0 Å². The molecule has 1 amide bonds. The van der Waals surface area contributed by atoms with Crippen molar-refractivity contribution in [2.24, 2.45) is 0 Å². The predicted molar refractivity (Wildman–Crippen MR) is 55.4 cm³/mol. The minimum absolute atomic E-state index is 0.0683. The van der Waals surface area contributed by atoms with Gasteiger partial charge in [-0.05, 0) is 27.7 Å². The van der Waals surface area contributed by atoms with E-state index in [9.17, 15) is 4.79 Å². The number of rotatable bonds is 3. The SMILES string of the molecule is CCN(CC)C(=O)c1c(C)coc1C. The second-order valence-electron chi connectivity index (χ2n) is 3.33. The highest BCUT2D eigenvalue weighted by Crippen LogP contribution is 2.17. The Labute approximate surface area is 84.7 Å². The summed E-state index contributed by atoms with van der Waals surface area (Å²) in [7, 11) is 0. The standard InChI is InChI=1S/C11H17NO2/c1-5-12(6-2)11(13)10-8(3)7-14-9(10)4/h7H,5-6H2,1-4H3. The number of hydrogen-bond donors (Lipinski definition) is 0. The Morgan fingerprint density at radius 2 is 1.93 bits per heavy atom. The zero-order chi connectivity index (χ0) is 10.7. The molecule has 0 aromatic carbocycles. The molecule has 1 rings (SSSR count). The number of carbonyl (C=O) groups is 1. The first-order valence-corrected chi connectivity index (χ1v) is 4.95. The van der Waals surface area contributed by atoms with Crippen molar-refractivity contribution in [3.63, 3.8) is 0 Å². The van der Waals surface area contributed by atoms with Gasteiger partial charge in [-0.2, -0.15) is 0 Å². The molecule has 0 aliphatic carbocycles. The van der Waals surface area contributed by atoms with Gasteiger partial charge in [-0.1, -0.05) is 0 Å². The Hall–Kier alpha value is -1.25. The van der Waals surface area contributed by atoms with Gasteiger partial charge in [-0.3, -0.25) is 4.79 Å². The molecule has 0 bridgehead atoms. The Kier molecular flexibility index (Phi) is 3.33. The van der Waals surface area contributed by atoms with Gasteiger partial charge < -0.3 is 9.32 Å². The predicted octanol–water partition coefficient (Wildman–Crippen LogP) is 2.38. The monoisotopic (exact) mass is 195 g/mol. The minimum Gasteiger partial charge on any atom is -0.469 e. The summed E-state index contributed by atoms with van der Waals surface area (Å²) in [5.41, 5.74) is 1.63. The van der Waals surface area contributed by atoms with Crippen molar-refractivity contribution < 1.29 is 9.21 Å². The van der Waals surface area contributed by atoms with Crippen LogP contribution in [-0.4, -0.2) is 23.9 Å². The van der Waals surface area contributed by atoms with Gasteiger partial charge in [0.25, 0.3) is 5.91 Å². The van der Waals surface area contributed by atoms with Gasteiger partial charge in [0.2, 0.25) is 0 Å². The Morgan fingerprint density at radius 3 is 2.29 bits per heavy atom. The summed E-state index contributed by atoms with van der Waals surface area (Å²) in [6.45, 7) is 9.15. The number of aryl methyl sites for hydroxylation is 2. The van der Waals surface area contributed by atoms with Crippen LogP contribution in [0.4, 0.5) is 0 Å². The van der Waals surface area contributed by atoms with E-state index >= 15 is 0 Å². The zero-order valence-electron chi connectivity index (χ0n) is 9.26. The largest absolute Gasteiger partial charge is 0.469 e. The number of carbonyl (C=O) groups excluding carboxylic acids is 1. The lowest BCUT2D eigenvalue weighted by Crippen LogP contribution is -2.31. The molecule has 0 saturated carbocycles. The van der Waals surface area contributed by atoms with Gasteiger partial charge in [0, 0.05) is 18.7 Å². The van der Waals surface area contributed by atoms with Crippen LogP contribution in [0.2, 0.25) is 0 Å². The minimum atomic E-state index is 0.0683. The molecule has 78 valence electrons. The fourth-order valence-electron chi connectivity index (χ4n) is 1.56. The maximum atomic E-state index is 12.0. The third-order valence-electron chi connectivity index (χ3n) is 2.42. The van der Waals surface area contributed by atoms with Crippen molar-refractivity contribution in [2.75, 3.05) is 13.1 Å². The van der Waals surface area contributed by atoms with Crippen LogP contribution >= 0.6 is 0 Å². The normalized spacial score (nSPS) is 10.3. The first kappa shape index (κ1) is 10.8. The van der Waals surface area contributed by atoms with Gasteiger partial charge in [0.05, 0.1) is 11.8 Å². The summed E-state index contributed by atoms with van der Waals surface area (Å²) >= 11 is 0. The highest BCUT2D eigenvalue weighted by atomic mass is 16.3. The summed E-state index contributed by atoms with van der Waals surface area (Å²) in [4.78, 5) is 13.8. The molecule has 0 fully saturated rings. The maximum Gasteiger partial charge on any atom is 0.257 e. The summed E-state index contributed by atoms with van der Waals surface area (Å²) in [5.74, 6) is 0.776. The van der Waals surface area contributed by atoms with E-state index in [-0.39, 0.29) is 5.91 Å². The molecule has 1 heterocycles. The maximum absolute atomic E-state index is 12.0. The summed E-state index contributed by atoms with van der Waals surface area (Å²) in [6.07, 6.45) is 1.63. The number of nitrogens with zero attached hydrogens (tertiary/aromatic N) is 1. The lowest BCUT2D eigenvalue weighted by Gasteiger charge is -2.18. The van der Waals surface area contributed by atoms with Crippen LogP contribution in [0.25, 0.3) is 0 Å². The number of amides is 1. The van der Waals surface area contributed by atoms with Crippen molar-refractivity contribution in [1.29, 1.82) is 0 Å².